The lowest BCUT2D eigenvalue weighted by Crippen LogP contribution is -2.11. The van der Waals surface area contributed by atoms with E-state index in [0.717, 1.165) is 122 Å². The van der Waals surface area contributed by atoms with Gasteiger partial charge in [0.15, 0.2) is 0 Å². The highest BCUT2D eigenvalue weighted by Crippen LogP contribution is 2.45. The summed E-state index contributed by atoms with van der Waals surface area (Å²) in [4.78, 5) is 2.36. The summed E-state index contributed by atoms with van der Waals surface area (Å²) in [6.07, 6.45) is 0. The molecule has 0 saturated heterocycles. The van der Waals surface area contributed by atoms with Crippen LogP contribution in [0.3, 0.4) is 0 Å². The van der Waals surface area contributed by atoms with Crippen molar-refractivity contribution in [3.05, 3.63) is 212 Å². The molecule has 10 aromatic carbocycles. The van der Waals surface area contributed by atoms with E-state index >= 15 is 0 Å². The number of furan rings is 3. The van der Waals surface area contributed by atoms with Gasteiger partial charge in [0.25, 0.3) is 0 Å². The number of para-hydroxylation sites is 4. The quantitative estimate of drug-likeness (QED) is 0.168. The Balaban J connectivity index is 0.945. The Morgan fingerprint density at radius 3 is 1.65 bits per heavy atom. The standard InChI is InChI=1S/C58H35NO3/c1-2-12-44-37(10-1)24-32-50-51-34-40(26-33-55(51)62-58(44)50)43-11-3-6-17-52(43)59(41-27-20-36(21-28-41)39-25-31-48-46-13-4-7-18-53(46)60-56(48)35-39)42-29-22-38(23-30-42)45-15-9-16-49-47-14-5-8-19-54(47)61-57(45)49/h1-35H. The van der Waals surface area contributed by atoms with Crippen LogP contribution >= 0.6 is 0 Å². The molecule has 0 aliphatic rings. The van der Waals surface area contributed by atoms with Gasteiger partial charge in [-0.3, -0.25) is 0 Å². The van der Waals surface area contributed by atoms with Crippen molar-refractivity contribution >= 4 is 93.7 Å². The smallest absolute Gasteiger partial charge is 0.143 e. The van der Waals surface area contributed by atoms with E-state index in [-0.39, 0.29) is 0 Å². The number of anilines is 3. The molecule has 13 rings (SSSR count). The molecule has 62 heavy (non-hydrogen) atoms. The fraction of sp³-hybridized carbons (Fsp3) is 0. The Labute approximate surface area is 356 Å². The number of fused-ring (bicyclic) bond motifs is 11. The molecule has 0 N–H and O–H groups in total. The van der Waals surface area contributed by atoms with Gasteiger partial charge in [0.1, 0.15) is 33.5 Å². The van der Waals surface area contributed by atoms with Crippen LogP contribution in [0.4, 0.5) is 17.1 Å². The summed E-state index contributed by atoms with van der Waals surface area (Å²) < 4.78 is 19.3. The van der Waals surface area contributed by atoms with Gasteiger partial charge in [-0.2, -0.15) is 0 Å². The van der Waals surface area contributed by atoms with E-state index in [9.17, 15) is 0 Å². The first kappa shape index (κ1) is 34.5. The molecule has 0 aliphatic heterocycles. The fourth-order valence-corrected chi connectivity index (χ4v) is 9.48. The third-order valence-corrected chi connectivity index (χ3v) is 12.5. The Morgan fingerprint density at radius 1 is 0.274 bits per heavy atom. The minimum Gasteiger partial charge on any atom is -0.456 e. The number of nitrogens with zero attached hydrogens (tertiary/aromatic N) is 1. The maximum atomic E-state index is 6.53. The molecule has 0 unspecified atom stereocenters. The zero-order valence-electron chi connectivity index (χ0n) is 33.4. The monoisotopic (exact) mass is 793 g/mol. The number of hydrogen-bond donors (Lipinski definition) is 0. The van der Waals surface area contributed by atoms with Crippen molar-refractivity contribution in [2.75, 3.05) is 4.90 Å². The summed E-state index contributed by atoms with van der Waals surface area (Å²) in [5, 5.41) is 9.00. The van der Waals surface area contributed by atoms with Crippen molar-refractivity contribution in [1.82, 2.24) is 0 Å². The fourth-order valence-electron chi connectivity index (χ4n) is 9.48. The Bertz CT molecular complexity index is 3870. The molecule has 13 aromatic rings. The van der Waals surface area contributed by atoms with Gasteiger partial charge in [-0.1, -0.05) is 140 Å². The van der Waals surface area contributed by atoms with Gasteiger partial charge in [0.05, 0.1) is 5.69 Å². The molecule has 4 heteroatoms. The van der Waals surface area contributed by atoms with E-state index in [1.165, 1.54) is 5.39 Å². The Hall–Kier alpha value is -8.34. The summed E-state index contributed by atoms with van der Waals surface area (Å²) in [7, 11) is 0. The zero-order chi connectivity index (χ0) is 40.7. The number of rotatable bonds is 6. The molecule has 0 aliphatic carbocycles. The first-order valence-electron chi connectivity index (χ1n) is 21.0. The second-order valence-corrected chi connectivity index (χ2v) is 16.0. The van der Waals surface area contributed by atoms with E-state index in [1.807, 2.05) is 24.3 Å². The van der Waals surface area contributed by atoms with Crippen LogP contribution in [0.2, 0.25) is 0 Å². The normalized spacial score (nSPS) is 11.9. The second kappa shape index (κ2) is 13.6. The maximum Gasteiger partial charge on any atom is 0.143 e. The van der Waals surface area contributed by atoms with Crippen LogP contribution < -0.4 is 4.90 Å². The van der Waals surface area contributed by atoms with Crippen LogP contribution in [0.25, 0.3) is 110 Å². The second-order valence-electron chi connectivity index (χ2n) is 16.0. The highest BCUT2D eigenvalue weighted by Gasteiger charge is 2.20. The molecular weight excluding hydrogens is 759 g/mol. The Kier molecular flexibility index (Phi) is 7.57. The summed E-state index contributed by atoms with van der Waals surface area (Å²) in [6.45, 7) is 0. The molecule has 3 heterocycles. The van der Waals surface area contributed by atoms with Crippen LogP contribution in [0.1, 0.15) is 0 Å². The SMILES string of the molecule is c1ccc(N(c2ccc(-c3ccc4c(c3)oc3ccccc34)cc2)c2ccc(-c3cccc4c3oc3ccccc34)cc2)c(-c2ccc3oc4c5ccccc5ccc4c3c2)c1. The van der Waals surface area contributed by atoms with Crippen molar-refractivity contribution < 1.29 is 13.3 Å². The molecule has 0 fully saturated rings. The van der Waals surface area contributed by atoms with E-state index < -0.39 is 0 Å². The minimum absolute atomic E-state index is 0.876. The van der Waals surface area contributed by atoms with Gasteiger partial charge >= 0.3 is 0 Å². The van der Waals surface area contributed by atoms with Crippen molar-refractivity contribution in [2.45, 2.75) is 0 Å². The molecule has 0 amide bonds. The van der Waals surface area contributed by atoms with E-state index in [2.05, 4.69) is 193 Å². The summed E-state index contributed by atoms with van der Waals surface area (Å²) in [5.74, 6) is 0. The third-order valence-electron chi connectivity index (χ3n) is 12.5. The highest BCUT2D eigenvalue weighted by atomic mass is 16.3. The van der Waals surface area contributed by atoms with E-state index in [1.54, 1.807) is 0 Å². The molecule has 0 saturated carbocycles. The van der Waals surface area contributed by atoms with Crippen LogP contribution in [0.15, 0.2) is 226 Å². The van der Waals surface area contributed by atoms with Crippen LogP contribution in [-0.2, 0) is 0 Å². The summed E-state index contributed by atoms with van der Waals surface area (Å²) in [5.41, 5.74) is 15.1. The minimum atomic E-state index is 0.876. The van der Waals surface area contributed by atoms with Gasteiger partial charge in [0.2, 0.25) is 0 Å². The van der Waals surface area contributed by atoms with Gasteiger partial charge in [-0.05, 0) is 100 Å². The lowest BCUT2D eigenvalue weighted by molar-refractivity contribution is 0.669. The molecule has 3 aromatic heterocycles. The van der Waals surface area contributed by atoms with Gasteiger partial charge in [-0.15, -0.1) is 0 Å². The molecule has 290 valence electrons. The first-order chi connectivity index (χ1) is 30.7. The Morgan fingerprint density at radius 2 is 0.823 bits per heavy atom. The predicted molar refractivity (Wildman–Crippen MR) is 257 cm³/mol. The number of hydrogen-bond acceptors (Lipinski definition) is 4. The topological polar surface area (TPSA) is 42.7 Å². The molecule has 0 bridgehead atoms. The van der Waals surface area contributed by atoms with Crippen LogP contribution in [0.5, 0.6) is 0 Å². The van der Waals surface area contributed by atoms with Crippen LogP contribution in [-0.4, -0.2) is 0 Å². The zero-order valence-corrected chi connectivity index (χ0v) is 33.4. The average Bonchev–Trinajstić information content (AvgIpc) is 4.03. The van der Waals surface area contributed by atoms with Gasteiger partial charge in [-0.25, -0.2) is 0 Å². The summed E-state index contributed by atoms with van der Waals surface area (Å²) in [6, 6.07) is 75.1. The molecule has 0 atom stereocenters. The van der Waals surface area contributed by atoms with Gasteiger partial charge < -0.3 is 18.2 Å². The lowest BCUT2D eigenvalue weighted by atomic mass is 9.98. The largest absolute Gasteiger partial charge is 0.456 e. The number of benzene rings is 10. The molecular formula is C58H35NO3. The summed E-state index contributed by atoms with van der Waals surface area (Å²) >= 11 is 0. The van der Waals surface area contributed by atoms with Gasteiger partial charge in [0, 0.05) is 60.2 Å². The molecule has 4 nitrogen and oxygen atoms in total. The predicted octanol–water partition coefficient (Wildman–Crippen LogP) is 17.0. The van der Waals surface area contributed by atoms with Crippen molar-refractivity contribution in [1.29, 1.82) is 0 Å². The molecule has 0 spiro atoms. The van der Waals surface area contributed by atoms with E-state index in [0.29, 0.717) is 0 Å². The van der Waals surface area contributed by atoms with Crippen molar-refractivity contribution in [2.24, 2.45) is 0 Å². The van der Waals surface area contributed by atoms with Crippen molar-refractivity contribution in [3.8, 4) is 33.4 Å². The lowest BCUT2D eigenvalue weighted by Gasteiger charge is -2.28. The first-order valence-corrected chi connectivity index (χ1v) is 21.0. The maximum absolute atomic E-state index is 6.53. The van der Waals surface area contributed by atoms with E-state index in [4.69, 9.17) is 13.3 Å². The van der Waals surface area contributed by atoms with Crippen LogP contribution in [0, 0.1) is 0 Å². The molecule has 0 radical (unpaired) electrons. The highest BCUT2D eigenvalue weighted by molar-refractivity contribution is 6.16. The average molecular weight is 794 g/mol. The third kappa shape index (κ3) is 5.40. The van der Waals surface area contributed by atoms with Crippen molar-refractivity contribution in [3.63, 3.8) is 0 Å².